The molecule has 23 heavy (non-hydrogen) atoms. The molecule has 0 aliphatic carbocycles. The first-order chi connectivity index (χ1) is 10.9. The van der Waals surface area contributed by atoms with Gasteiger partial charge in [0.1, 0.15) is 18.3 Å². The van der Waals surface area contributed by atoms with Crippen LogP contribution < -0.4 is 5.73 Å². The first-order valence-corrected chi connectivity index (χ1v) is 6.91. The molecule has 0 aromatic rings. The average molecular weight is 325 g/mol. The molecule has 11 nitrogen and oxygen atoms in total. The molecule has 0 aromatic carbocycles. The van der Waals surface area contributed by atoms with Crippen LogP contribution in [0.3, 0.4) is 0 Å². The summed E-state index contributed by atoms with van der Waals surface area (Å²) >= 11 is 0. The second-order valence-electron chi connectivity index (χ2n) is 5.26. The van der Waals surface area contributed by atoms with E-state index in [2.05, 4.69) is 15.0 Å². The van der Waals surface area contributed by atoms with E-state index in [0.717, 1.165) is 4.90 Å². The second kappa shape index (κ2) is 5.16. The molecule has 11 heteroatoms. The molecule has 3 rings (SSSR count). The van der Waals surface area contributed by atoms with Crippen molar-refractivity contribution >= 4 is 29.4 Å². The monoisotopic (exact) mass is 325 g/mol. The minimum absolute atomic E-state index is 0.0422. The summed E-state index contributed by atoms with van der Waals surface area (Å²) in [6.45, 7) is 1.04. The van der Waals surface area contributed by atoms with Gasteiger partial charge in [0, 0.05) is 0 Å². The number of rotatable bonds is 3. The van der Waals surface area contributed by atoms with Crippen molar-refractivity contribution in [2.45, 2.75) is 37.4 Å². The summed E-state index contributed by atoms with van der Waals surface area (Å²) in [7, 11) is 0. The van der Waals surface area contributed by atoms with E-state index in [-0.39, 0.29) is 23.9 Å². The maximum Gasteiger partial charge on any atom is 0.352 e. The third kappa shape index (κ3) is 2.01. The number of guanidine groups is 1. The van der Waals surface area contributed by atoms with Crippen molar-refractivity contribution in [3.8, 4) is 0 Å². The van der Waals surface area contributed by atoms with Crippen LogP contribution in [0, 0.1) is 0 Å². The topological polar surface area (TPSA) is 170 Å². The number of aliphatic hydroxyl groups excluding tert-OH is 3. The summed E-state index contributed by atoms with van der Waals surface area (Å²) in [6.07, 6.45) is -4.03. The van der Waals surface area contributed by atoms with Gasteiger partial charge in [-0.1, -0.05) is 6.92 Å². The number of ether oxygens (including phenoxy) is 1. The van der Waals surface area contributed by atoms with E-state index in [4.69, 9.17) is 10.5 Å². The lowest BCUT2D eigenvalue weighted by Crippen LogP contribution is -2.60. The number of amides is 3. The number of amidine groups is 1. The average Bonchev–Trinajstić information content (AvgIpc) is 2.96. The Morgan fingerprint density at radius 1 is 1.30 bits per heavy atom. The molecular formula is C12H15N5O6. The molecule has 0 aromatic heterocycles. The lowest BCUT2D eigenvalue weighted by Gasteiger charge is -2.39. The van der Waals surface area contributed by atoms with Gasteiger partial charge >= 0.3 is 11.9 Å². The van der Waals surface area contributed by atoms with Crippen LogP contribution in [0.15, 0.2) is 15.0 Å². The van der Waals surface area contributed by atoms with Gasteiger partial charge in [-0.05, 0) is 6.42 Å². The Morgan fingerprint density at radius 2 is 2.00 bits per heavy atom. The molecule has 0 saturated carbocycles. The summed E-state index contributed by atoms with van der Waals surface area (Å²) in [5.41, 5.74) is 3.40. The molecular weight excluding hydrogens is 310 g/mol. The molecule has 0 radical (unpaired) electrons. The van der Waals surface area contributed by atoms with Gasteiger partial charge in [0.15, 0.2) is 17.3 Å². The summed E-state index contributed by atoms with van der Waals surface area (Å²) in [5.74, 6) is -1.39. The minimum Gasteiger partial charge on any atom is -0.394 e. The maximum atomic E-state index is 12.3. The number of carbonyl (C=O) groups is 2. The molecule has 0 unspecified atom stereocenters. The van der Waals surface area contributed by atoms with Crippen LogP contribution in [0.25, 0.3) is 0 Å². The van der Waals surface area contributed by atoms with Crippen LogP contribution in [0.1, 0.15) is 13.3 Å². The highest BCUT2D eigenvalue weighted by Crippen LogP contribution is 2.39. The summed E-state index contributed by atoms with van der Waals surface area (Å²) < 4.78 is 5.55. The number of fused-ring (bicyclic) bond motifs is 1. The van der Waals surface area contributed by atoms with Crippen molar-refractivity contribution in [3.05, 3.63) is 0 Å². The van der Waals surface area contributed by atoms with Crippen molar-refractivity contribution in [2.75, 3.05) is 6.61 Å². The lowest BCUT2D eigenvalue weighted by atomic mass is 9.98. The SMILES string of the molecule is CC[C@@]1(N2C(=O)N=C3C(=O)N=C(N)N=C32)O[C@H](CO)[C@@H](O)[C@H]1O. The van der Waals surface area contributed by atoms with Crippen molar-refractivity contribution < 1.29 is 29.6 Å². The van der Waals surface area contributed by atoms with Crippen LogP contribution in [0.2, 0.25) is 0 Å². The van der Waals surface area contributed by atoms with Gasteiger partial charge in [-0.25, -0.2) is 9.69 Å². The van der Waals surface area contributed by atoms with Gasteiger partial charge in [0.2, 0.25) is 5.96 Å². The quantitative estimate of drug-likeness (QED) is 0.438. The number of carbonyl (C=O) groups excluding carboxylic acids is 2. The Kier molecular flexibility index (Phi) is 3.52. The van der Waals surface area contributed by atoms with E-state index >= 15 is 0 Å². The normalized spacial score (nSPS) is 36.8. The molecule has 0 spiro atoms. The Hall–Kier alpha value is -2.21. The smallest absolute Gasteiger partial charge is 0.352 e. The van der Waals surface area contributed by atoms with Gasteiger partial charge < -0.3 is 25.8 Å². The Balaban J connectivity index is 2.08. The van der Waals surface area contributed by atoms with Gasteiger partial charge in [0.05, 0.1) is 6.61 Å². The molecule has 3 aliphatic heterocycles. The highest BCUT2D eigenvalue weighted by molar-refractivity contribution is 6.72. The lowest BCUT2D eigenvalue weighted by molar-refractivity contribution is -0.147. The van der Waals surface area contributed by atoms with Crippen LogP contribution in [-0.4, -0.2) is 80.3 Å². The van der Waals surface area contributed by atoms with E-state index in [1.54, 1.807) is 6.92 Å². The van der Waals surface area contributed by atoms with E-state index in [1.165, 1.54) is 0 Å². The predicted octanol–water partition coefficient (Wildman–Crippen LogP) is -2.66. The fourth-order valence-corrected chi connectivity index (χ4v) is 2.92. The fraction of sp³-hybridized carbons (Fsp3) is 0.583. The first kappa shape index (κ1) is 15.7. The highest BCUT2D eigenvalue weighted by Gasteiger charge is 2.61. The zero-order valence-corrected chi connectivity index (χ0v) is 12.1. The van der Waals surface area contributed by atoms with E-state index in [1.807, 2.05) is 0 Å². The third-order valence-corrected chi connectivity index (χ3v) is 4.05. The molecule has 3 aliphatic rings. The molecule has 124 valence electrons. The Labute approximate surface area is 129 Å². The molecule has 3 amide bonds. The Morgan fingerprint density at radius 3 is 2.57 bits per heavy atom. The number of hydrogen-bond donors (Lipinski definition) is 4. The molecule has 1 fully saturated rings. The molecule has 3 heterocycles. The number of nitrogens with two attached hydrogens (primary N) is 1. The van der Waals surface area contributed by atoms with Crippen molar-refractivity contribution in [2.24, 2.45) is 20.7 Å². The van der Waals surface area contributed by atoms with E-state index < -0.39 is 42.6 Å². The zero-order valence-electron chi connectivity index (χ0n) is 12.1. The molecule has 1 saturated heterocycles. The van der Waals surface area contributed by atoms with E-state index in [9.17, 15) is 24.9 Å². The van der Waals surface area contributed by atoms with Crippen LogP contribution in [0.4, 0.5) is 4.79 Å². The molecule has 4 atom stereocenters. The summed E-state index contributed by atoms with van der Waals surface area (Å²) in [6, 6.07) is -0.899. The molecule has 5 N–H and O–H groups in total. The number of aliphatic hydroxyl groups is 3. The largest absolute Gasteiger partial charge is 0.394 e. The number of nitrogens with zero attached hydrogens (tertiary/aromatic N) is 4. The summed E-state index contributed by atoms with van der Waals surface area (Å²) in [4.78, 5) is 35.8. The highest BCUT2D eigenvalue weighted by atomic mass is 16.6. The van der Waals surface area contributed by atoms with Crippen LogP contribution >= 0.6 is 0 Å². The Bertz CT molecular complexity index is 673. The second-order valence-corrected chi connectivity index (χ2v) is 5.26. The van der Waals surface area contributed by atoms with Crippen LogP contribution in [-0.2, 0) is 9.53 Å². The molecule has 0 bridgehead atoms. The minimum atomic E-state index is -1.73. The van der Waals surface area contributed by atoms with Crippen molar-refractivity contribution in [3.63, 3.8) is 0 Å². The van der Waals surface area contributed by atoms with Gasteiger partial charge in [-0.15, -0.1) is 0 Å². The van der Waals surface area contributed by atoms with E-state index in [0.29, 0.717) is 0 Å². The number of hydrogen-bond acceptors (Lipinski definition) is 8. The maximum absolute atomic E-state index is 12.3. The van der Waals surface area contributed by atoms with Gasteiger partial charge in [-0.2, -0.15) is 15.0 Å². The zero-order chi connectivity index (χ0) is 16.9. The standard InChI is InChI=1S/C12H15N5O6/c1-2-12(7(20)6(19)4(3-18)23-12)17-8-5(14-11(17)22)9(21)16-10(13)15-8/h4,6-7,18-20H,2-3H2,1H3,(H2,13,16,21)/t4-,6-,7-,12-/m1/s1. The predicted molar refractivity (Wildman–Crippen MR) is 75.7 cm³/mol. The van der Waals surface area contributed by atoms with Gasteiger partial charge in [0.25, 0.3) is 0 Å². The van der Waals surface area contributed by atoms with Crippen molar-refractivity contribution in [1.82, 2.24) is 4.90 Å². The van der Waals surface area contributed by atoms with Crippen molar-refractivity contribution in [1.29, 1.82) is 0 Å². The third-order valence-electron chi connectivity index (χ3n) is 4.05. The number of urea groups is 1. The first-order valence-electron chi connectivity index (χ1n) is 6.91. The fourth-order valence-electron chi connectivity index (χ4n) is 2.92. The summed E-state index contributed by atoms with van der Waals surface area (Å²) in [5, 5.41) is 29.6. The van der Waals surface area contributed by atoms with Gasteiger partial charge in [-0.3, -0.25) is 4.79 Å². The number of aliphatic imine (C=N–C) groups is 3. The van der Waals surface area contributed by atoms with Crippen LogP contribution in [0.5, 0.6) is 0 Å².